The zero-order valence-corrected chi connectivity index (χ0v) is 15.7. The van der Waals surface area contributed by atoms with Crippen LogP contribution in [0.15, 0.2) is 66.7 Å². The van der Waals surface area contributed by atoms with Crippen LogP contribution >= 0.6 is 0 Å². The first-order valence-electron chi connectivity index (χ1n) is 9.02. The van der Waals surface area contributed by atoms with Crippen LogP contribution < -0.4 is 0 Å². The molecule has 0 aliphatic rings. The number of hydrogen-bond acceptors (Lipinski definition) is 7. The molecule has 0 amide bonds. The lowest BCUT2D eigenvalue weighted by Gasteiger charge is -2.05. The van der Waals surface area contributed by atoms with Gasteiger partial charge in [0.2, 0.25) is 0 Å². The smallest absolute Gasteiger partial charge is 0.188 e. The number of carbonyl (C=O) groups is 4. The zero-order valence-electron chi connectivity index (χ0n) is 15.7. The maximum atomic E-state index is 12.4. The predicted octanol–water partition coefficient (Wildman–Crippen LogP) is 3.40. The van der Waals surface area contributed by atoms with Gasteiger partial charge in [-0.2, -0.15) is 0 Å². The SMILES string of the molecule is O=C(CC(=O)c1ccccc1O)c1cccc(C(=O)CC(=O)c2ccccc2O)n1. The van der Waals surface area contributed by atoms with Gasteiger partial charge in [-0.3, -0.25) is 19.2 Å². The molecule has 1 aromatic heterocycles. The molecule has 1 heterocycles. The first-order valence-corrected chi connectivity index (χ1v) is 9.02. The molecule has 0 atom stereocenters. The Morgan fingerprint density at radius 3 is 1.37 bits per heavy atom. The Bertz CT molecular complexity index is 1060. The molecule has 0 saturated heterocycles. The highest BCUT2D eigenvalue weighted by Crippen LogP contribution is 2.20. The molecule has 0 aliphatic carbocycles. The number of phenols is 2. The van der Waals surface area contributed by atoms with Crippen molar-refractivity contribution < 1.29 is 29.4 Å². The van der Waals surface area contributed by atoms with Gasteiger partial charge in [0.15, 0.2) is 23.1 Å². The number of carbonyl (C=O) groups excluding carboxylic acids is 4. The molecule has 0 unspecified atom stereocenters. The largest absolute Gasteiger partial charge is 0.507 e. The van der Waals surface area contributed by atoms with Gasteiger partial charge in [0.05, 0.1) is 24.0 Å². The van der Waals surface area contributed by atoms with Gasteiger partial charge >= 0.3 is 0 Å². The van der Waals surface area contributed by atoms with Crippen molar-refractivity contribution in [1.82, 2.24) is 4.98 Å². The molecule has 0 saturated carbocycles. The van der Waals surface area contributed by atoms with Crippen molar-refractivity contribution in [3.8, 4) is 11.5 Å². The van der Waals surface area contributed by atoms with E-state index in [1.165, 1.54) is 42.5 Å². The summed E-state index contributed by atoms with van der Waals surface area (Å²) in [6, 6.07) is 15.9. The van der Waals surface area contributed by atoms with E-state index in [0.29, 0.717) is 0 Å². The van der Waals surface area contributed by atoms with Gasteiger partial charge < -0.3 is 10.2 Å². The Balaban J connectivity index is 1.72. The third kappa shape index (κ3) is 4.64. The molecular formula is C23H17NO6. The highest BCUT2D eigenvalue weighted by atomic mass is 16.3. The molecule has 7 nitrogen and oxygen atoms in total. The summed E-state index contributed by atoms with van der Waals surface area (Å²) in [5.41, 5.74) is -0.156. The van der Waals surface area contributed by atoms with E-state index in [4.69, 9.17) is 0 Å². The molecule has 2 aromatic carbocycles. The van der Waals surface area contributed by atoms with Crippen LogP contribution in [0.4, 0.5) is 0 Å². The quantitative estimate of drug-likeness (QED) is 0.437. The average Bonchev–Trinajstić information content (AvgIpc) is 2.74. The van der Waals surface area contributed by atoms with Crippen molar-refractivity contribution >= 4 is 23.1 Å². The molecule has 0 radical (unpaired) electrons. The summed E-state index contributed by atoms with van der Waals surface area (Å²) in [4.78, 5) is 53.4. The minimum absolute atomic E-state index is 0.0198. The Labute approximate surface area is 171 Å². The highest BCUT2D eigenvalue weighted by molar-refractivity contribution is 6.15. The fraction of sp³-hybridized carbons (Fsp3) is 0.0870. The highest BCUT2D eigenvalue weighted by Gasteiger charge is 2.20. The number of phenolic OH excluding ortho intramolecular Hbond substituents is 2. The maximum absolute atomic E-state index is 12.4. The summed E-state index contributed by atoms with van der Waals surface area (Å²) in [7, 11) is 0. The van der Waals surface area contributed by atoms with Gasteiger partial charge in [0.1, 0.15) is 22.9 Å². The molecule has 0 aliphatic heterocycles. The lowest BCUT2D eigenvalue weighted by atomic mass is 10.0. The van der Waals surface area contributed by atoms with Crippen molar-refractivity contribution in [2.24, 2.45) is 0 Å². The second kappa shape index (κ2) is 8.91. The lowest BCUT2D eigenvalue weighted by Crippen LogP contribution is -2.14. The molecule has 150 valence electrons. The second-order valence-electron chi connectivity index (χ2n) is 6.49. The van der Waals surface area contributed by atoms with Gasteiger partial charge in [-0.05, 0) is 36.4 Å². The molecule has 0 spiro atoms. The van der Waals surface area contributed by atoms with Gasteiger partial charge in [0.25, 0.3) is 0 Å². The van der Waals surface area contributed by atoms with Crippen LogP contribution in [0.2, 0.25) is 0 Å². The van der Waals surface area contributed by atoms with Crippen LogP contribution in [-0.4, -0.2) is 38.3 Å². The van der Waals surface area contributed by atoms with E-state index in [0.717, 1.165) is 0 Å². The first kappa shape index (κ1) is 20.6. The molecule has 3 rings (SSSR count). The number of benzene rings is 2. The van der Waals surface area contributed by atoms with Crippen LogP contribution in [0, 0.1) is 0 Å². The van der Waals surface area contributed by atoms with E-state index in [2.05, 4.69) is 4.98 Å². The molecule has 7 heteroatoms. The fourth-order valence-corrected chi connectivity index (χ4v) is 2.83. The van der Waals surface area contributed by atoms with Crippen molar-refractivity contribution in [1.29, 1.82) is 0 Å². The van der Waals surface area contributed by atoms with Gasteiger partial charge in [-0.1, -0.05) is 30.3 Å². The summed E-state index contributed by atoms with van der Waals surface area (Å²) < 4.78 is 0. The Morgan fingerprint density at radius 1 is 0.567 bits per heavy atom. The van der Waals surface area contributed by atoms with Gasteiger partial charge in [-0.25, -0.2) is 4.98 Å². The number of pyridine rings is 1. The van der Waals surface area contributed by atoms with E-state index in [-0.39, 0.29) is 34.0 Å². The van der Waals surface area contributed by atoms with Crippen LogP contribution in [0.1, 0.15) is 54.5 Å². The zero-order chi connectivity index (χ0) is 21.7. The third-order valence-electron chi connectivity index (χ3n) is 4.37. The van der Waals surface area contributed by atoms with E-state index >= 15 is 0 Å². The molecule has 3 aromatic rings. The van der Waals surface area contributed by atoms with Gasteiger partial charge in [-0.15, -0.1) is 0 Å². The van der Waals surface area contributed by atoms with Crippen LogP contribution in [0.3, 0.4) is 0 Å². The number of para-hydroxylation sites is 2. The van der Waals surface area contributed by atoms with E-state index in [1.54, 1.807) is 24.3 Å². The van der Waals surface area contributed by atoms with E-state index < -0.39 is 36.0 Å². The monoisotopic (exact) mass is 403 g/mol. The molecule has 30 heavy (non-hydrogen) atoms. The number of rotatable bonds is 8. The summed E-state index contributed by atoms with van der Waals surface area (Å²) in [6.45, 7) is 0. The lowest BCUT2D eigenvalue weighted by molar-refractivity contribution is 0.0880. The number of hydrogen-bond donors (Lipinski definition) is 2. The Hall–Kier alpha value is -4.13. The summed E-state index contributed by atoms with van der Waals surface area (Å²) in [6.07, 6.45) is -1.06. The van der Waals surface area contributed by atoms with Crippen molar-refractivity contribution in [3.05, 3.63) is 89.2 Å². The molecule has 2 N–H and O–H groups in total. The number of aromatic hydroxyl groups is 2. The molecule has 0 fully saturated rings. The average molecular weight is 403 g/mol. The molecule has 0 bridgehead atoms. The normalized spacial score (nSPS) is 10.4. The Kier molecular flexibility index (Phi) is 6.12. The third-order valence-corrected chi connectivity index (χ3v) is 4.37. The summed E-state index contributed by atoms with van der Waals surface area (Å²) in [5, 5.41) is 19.5. The minimum Gasteiger partial charge on any atom is -0.507 e. The maximum Gasteiger partial charge on any atom is 0.188 e. The van der Waals surface area contributed by atoms with Crippen LogP contribution in [-0.2, 0) is 0 Å². The number of Topliss-reactive ketones (excluding diaryl/α,β-unsaturated/α-hetero) is 4. The van der Waals surface area contributed by atoms with E-state index in [9.17, 15) is 29.4 Å². The standard InChI is InChI=1S/C23H17NO6/c25-18-10-3-1-6-14(18)20(27)12-22(29)16-8-5-9-17(24-16)23(30)13-21(28)15-7-2-4-11-19(15)26/h1-11,25-26H,12-13H2. The topological polar surface area (TPSA) is 122 Å². The van der Waals surface area contributed by atoms with E-state index in [1.807, 2.05) is 0 Å². The van der Waals surface area contributed by atoms with Gasteiger partial charge in [0, 0.05) is 0 Å². The minimum atomic E-state index is -0.620. The fourth-order valence-electron chi connectivity index (χ4n) is 2.83. The number of nitrogens with zero attached hydrogens (tertiary/aromatic N) is 1. The van der Waals surface area contributed by atoms with Crippen molar-refractivity contribution in [2.45, 2.75) is 12.8 Å². The van der Waals surface area contributed by atoms with Crippen molar-refractivity contribution in [2.75, 3.05) is 0 Å². The summed E-state index contributed by atoms with van der Waals surface area (Å²) in [5.74, 6) is -2.85. The second-order valence-corrected chi connectivity index (χ2v) is 6.49. The summed E-state index contributed by atoms with van der Waals surface area (Å²) >= 11 is 0. The Morgan fingerprint density at radius 2 is 0.967 bits per heavy atom. The number of aromatic nitrogens is 1. The van der Waals surface area contributed by atoms with Crippen LogP contribution in [0.25, 0.3) is 0 Å². The van der Waals surface area contributed by atoms with Crippen molar-refractivity contribution in [3.63, 3.8) is 0 Å². The molecular weight excluding hydrogens is 386 g/mol. The first-order chi connectivity index (χ1) is 14.4. The predicted molar refractivity (Wildman–Crippen MR) is 107 cm³/mol. The van der Waals surface area contributed by atoms with Crippen LogP contribution in [0.5, 0.6) is 11.5 Å². The number of ketones is 4.